The molecule has 0 bridgehead atoms. The molecular formula is C26H28BrF3N4O3. The second-order valence-electron chi connectivity index (χ2n) is 8.21. The predicted octanol–water partition coefficient (Wildman–Crippen LogP) is 7.61. The van der Waals surface area contributed by atoms with Crippen molar-refractivity contribution in [2.75, 3.05) is 18.6 Å². The zero-order valence-electron chi connectivity index (χ0n) is 21.2. The summed E-state index contributed by atoms with van der Waals surface area (Å²) in [6.45, 7) is 6.62. The Bertz CT molecular complexity index is 1260. The number of ether oxygens (including phenoxy) is 2. The summed E-state index contributed by atoms with van der Waals surface area (Å²) in [4.78, 5) is 23.2. The summed E-state index contributed by atoms with van der Waals surface area (Å²) in [7, 11) is 1.19. The molecule has 0 radical (unpaired) electrons. The molecule has 198 valence electrons. The molecule has 3 heterocycles. The van der Waals surface area contributed by atoms with Gasteiger partial charge in [0.05, 0.1) is 15.9 Å². The summed E-state index contributed by atoms with van der Waals surface area (Å²) < 4.78 is 55.2. The molecule has 0 N–H and O–H groups in total. The first-order valence-corrected chi connectivity index (χ1v) is 12.4. The Kier molecular flexibility index (Phi) is 9.01. The Labute approximate surface area is 222 Å². The number of amides is 2. The molecule has 0 unspecified atom stereocenters. The van der Waals surface area contributed by atoms with E-state index in [0.29, 0.717) is 13.5 Å². The highest BCUT2D eigenvalue weighted by Gasteiger charge is 2.41. The number of carbonyl (C=O) groups is 1. The standard InChI is InChI=1S/C26H28BrF3N4O3/c1-6-10-16(7-2)15-36-24-20(11-9-12-31-24)37-23-18(27)14-19(28)22(32-23)34-17(8-3)13-21(26(4,29)30)33(5)25(34)35/h8-14H,6-7,15H2,1-5H3. The lowest BCUT2D eigenvalue weighted by Crippen LogP contribution is -2.47. The van der Waals surface area contributed by atoms with Crippen molar-refractivity contribution in [3.8, 4) is 17.5 Å². The number of rotatable bonds is 9. The van der Waals surface area contributed by atoms with E-state index in [-0.39, 0.29) is 27.7 Å². The van der Waals surface area contributed by atoms with Crippen LogP contribution in [0.15, 0.2) is 64.1 Å². The number of halogens is 4. The summed E-state index contributed by atoms with van der Waals surface area (Å²) in [5.74, 6) is -4.20. The molecule has 11 heteroatoms. The van der Waals surface area contributed by atoms with Gasteiger partial charge in [0.15, 0.2) is 17.4 Å². The van der Waals surface area contributed by atoms with E-state index in [4.69, 9.17) is 9.47 Å². The van der Waals surface area contributed by atoms with Gasteiger partial charge in [-0.25, -0.2) is 27.8 Å². The highest BCUT2D eigenvalue weighted by Crippen LogP contribution is 2.39. The van der Waals surface area contributed by atoms with Crippen LogP contribution in [0.4, 0.5) is 23.8 Å². The van der Waals surface area contributed by atoms with E-state index in [0.717, 1.165) is 40.4 Å². The first-order chi connectivity index (χ1) is 17.5. The summed E-state index contributed by atoms with van der Waals surface area (Å²) in [6.07, 6.45) is 7.85. The van der Waals surface area contributed by atoms with Crippen molar-refractivity contribution < 1.29 is 27.4 Å². The maximum Gasteiger partial charge on any atom is 0.334 e. The lowest BCUT2D eigenvalue weighted by Gasteiger charge is -2.36. The molecule has 2 amide bonds. The Morgan fingerprint density at radius 2 is 2.00 bits per heavy atom. The highest BCUT2D eigenvalue weighted by molar-refractivity contribution is 9.10. The fourth-order valence-electron chi connectivity index (χ4n) is 3.60. The van der Waals surface area contributed by atoms with Gasteiger partial charge in [0.1, 0.15) is 6.61 Å². The molecule has 37 heavy (non-hydrogen) atoms. The number of hydrogen-bond acceptors (Lipinski definition) is 5. The number of urea groups is 1. The minimum atomic E-state index is -3.29. The van der Waals surface area contributed by atoms with E-state index in [1.807, 2.05) is 13.8 Å². The van der Waals surface area contributed by atoms with Crippen LogP contribution in [0.5, 0.6) is 17.5 Å². The second kappa shape index (κ2) is 11.8. The molecular weight excluding hydrogens is 553 g/mol. The van der Waals surface area contributed by atoms with E-state index in [2.05, 4.69) is 32.0 Å². The molecule has 0 spiro atoms. The van der Waals surface area contributed by atoms with Crippen molar-refractivity contribution >= 4 is 27.8 Å². The SMILES string of the molecule is CC=C1C=C(C(C)(F)F)N(C)C(=O)N1c1nc(Oc2cccnc2OCC(=CCC)CC)c(Br)cc1F. The van der Waals surface area contributed by atoms with E-state index in [1.54, 1.807) is 25.3 Å². The molecule has 1 aliphatic rings. The van der Waals surface area contributed by atoms with Crippen LogP contribution in [-0.2, 0) is 0 Å². The van der Waals surface area contributed by atoms with Crippen LogP contribution in [0, 0.1) is 5.82 Å². The number of anilines is 1. The minimum Gasteiger partial charge on any atom is -0.471 e. The molecule has 1 aliphatic heterocycles. The lowest BCUT2D eigenvalue weighted by molar-refractivity contribution is 0.0394. The van der Waals surface area contributed by atoms with E-state index in [1.165, 1.54) is 13.1 Å². The molecule has 0 fully saturated rings. The second-order valence-corrected chi connectivity index (χ2v) is 9.07. The van der Waals surface area contributed by atoms with Gasteiger partial charge in [0.25, 0.3) is 11.8 Å². The number of allylic oxidation sites excluding steroid dienone is 4. The van der Waals surface area contributed by atoms with E-state index >= 15 is 4.39 Å². The van der Waals surface area contributed by atoms with Gasteiger partial charge < -0.3 is 9.47 Å². The van der Waals surface area contributed by atoms with Gasteiger partial charge in [-0.1, -0.05) is 26.0 Å². The Morgan fingerprint density at radius 3 is 2.62 bits per heavy atom. The number of pyridine rings is 2. The van der Waals surface area contributed by atoms with E-state index in [9.17, 15) is 13.6 Å². The smallest absolute Gasteiger partial charge is 0.334 e. The Morgan fingerprint density at radius 1 is 1.27 bits per heavy atom. The third-order valence-corrected chi connectivity index (χ3v) is 6.07. The van der Waals surface area contributed by atoms with Crippen molar-refractivity contribution in [1.82, 2.24) is 14.9 Å². The fraction of sp³-hybridized carbons (Fsp3) is 0.346. The molecule has 0 saturated heterocycles. The molecule has 0 aromatic carbocycles. The molecule has 7 nitrogen and oxygen atoms in total. The van der Waals surface area contributed by atoms with Crippen molar-refractivity contribution in [3.05, 3.63) is 69.9 Å². The Balaban J connectivity index is 1.99. The monoisotopic (exact) mass is 580 g/mol. The van der Waals surface area contributed by atoms with Crippen LogP contribution >= 0.6 is 15.9 Å². The third kappa shape index (κ3) is 6.33. The van der Waals surface area contributed by atoms with Crippen LogP contribution in [0.1, 0.15) is 40.5 Å². The number of carbonyl (C=O) groups excluding carboxylic acids is 1. The van der Waals surface area contributed by atoms with Crippen molar-refractivity contribution in [3.63, 3.8) is 0 Å². The topological polar surface area (TPSA) is 67.8 Å². The predicted molar refractivity (Wildman–Crippen MR) is 138 cm³/mol. The molecule has 2 aromatic rings. The quantitative estimate of drug-likeness (QED) is 0.285. The van der Waals surface area contributed by atoms with Gasteiger partial charge in [-0.3, -0.25) is 4.90 Å². The van der Waals surface area contributed by atoms with Gasteiger partial charge in [-0.05, 0) is 65.5 Å². The molecule has 0 aliphatic carbocycles. The maximum atomic E-state index is 15.1. The average molecular weight is 581 g/mol. The fourth-order valence-corrected chi connectivity index (χ4v) is 3.97. The minimum absolute atomic E-state index is 0.0412. The molecule has 2 aromatic heterocycles. The van der Waals surface area contributed by atoms with Crippen molar-refractivity contribution in [1.29, 1.82) is 0 Å². The van der Waals surface area contributed by atoms with Gasteiger partial charge in [0, 0.05) is 20.2 Å². The lowest BCUT2D eigenvalue weighted by atomic mass is 10.1. The summed E-state index contributed by atoms with van der Waals surface area (Å²) >= 11 is 3.24. The summed E-state index contributed by atoms with van der Waals surface area (Å²) in [5.41, 5.74) is 0.621. The van der Waals surface area contributed by atoms with Crippen molar-refractivity contribution in [2.45, 2.75) is 46.5 Å². The summed E-state index contributed by atoms with van der Waals surface area (Å²) in [5, 5.41) is 0. The largest absolute Gasteiger partial charge is 0.471 e. The highest BCUT2D eigenvalue weighted by atomic mass is 79.9. The van der Waals surface area contributed by atoms with E-state index < -0.39 is 29.3 Å². The third-order valence-electron chi connectivity index (χ3n) is 5.50. The maximum absolute atomic E-state index is 15.1. The van der Waals surface area contributed by atoms with Crippen molar-refractivity contribution in [2.24, 2.45) is 0 Å². The number of alkyl halides is 2. The van der Waals surface area contributed by atoms with Gasteiger partial charge in [0.2, 0.25) is 5.88 Å². The normalized spacial score (nSPS) is 15.8. The van der Waals surface area contributed by atoms with Crippen LogP contribution in [0.25, 0.3) is 0 Å². The van der Waals surface area contributed by atoms with Gasteiger partial charge >= 0.3 is 6.03 Å². The van der Waals surface area contributed by atoms with Gasteiger partial charge in [-0.2, -0.15) is 4.98 Å². The average Bonchev–Trinajstić information content (AvgIpc) is 2.85. The van der Waals surface area contributed by atoms with Gasteiger partial charge in [-0.15, -0.1) is 0 Å². The number of nitrogens with zero attached hydrogens (tertiary/aromatic N) is 4. The Hall–Kier alpha value is -3.34. The number of hydrogen-bond donors (Lipinski definition) is 0. The molecule has 3 rings (SSSR count). The van der Waals surface area contributed by atoms with Crippen LogP contribution in [0.3, 0.4) is 0 Å². The zero-order valence-corrected chi connectivity index (χ0v) is 22.8. The zero-order chi connectivity index (χ0) is 27.3. The van der Waals surface area contributed by atoms with Crippen LogP contribution in [-0.4, -0.2) is 40.5 Å². The molecule has 0 saturated carbocycles. The number of aromatic nitrogens is 2. The van der Waals surface area contributed by atoms with Crippen LogP contribution in [0.2, 0.25) is 0 Å². The first kappa shape index (κ1) is 28.2. The summed E-state index contributed by atoms with van der Waals surface area (Å²) in [6, 6.07) is 3.44. The van der Waals surface area contributed by atoms with Crippen LogP contribution < -0.4 is 14.4 Å². The molecule has 0 atom stereocenters. The first-order valence-electron chi connectivity index (χ1n) is 11.6.